The monoisotopic (exact) mass is 226 g/mol. The molecule has 0 radical (unpaired) electrons. The van der Waals surface area contributed by atoms with Crippen molar-refractivity contribution < 1.29 is 5.11 Å². The minimum atomic E-state index is 0.207. The second-order valence-electron chi connectivity index (χ2n) is 4.05. The molecule has 1 aromatic heterocycles. The Morgan fingerprint density at radius 3 is 2.87 bits per heavy atom. The predicted molar refractivity (Wildman–Crippen MR) is 62.5 cm³/mol. The molecule has 0 unspecified atom stereocenters. The first-order valence-electron chi connectivity index (χ1n) is 5.59. The molecule has 0 atom stereocenters. The van der Waals surface area contributed by atoms with Crippen molar-refractivity contribution in [1.29, 1.82) is 0 Å². The summed E-state index contributed by atoms with van der Waals surface area (Å²) in [6, 6.07) is 0. The number of piperidine rings is 1. The van der Waals surface area contributed by atoms with Gasteiger partial charge in [-0.15, -0.1) is 11.3 Å². The summed E-state index contributed by atoms with van der Waals surface area (Å²) in [5.74, 6) is 0.634. The third-order valence-electron chi connectivity index (χ3n) is 2.93. The van der Waals surface area contributed by atoms with E-state index in [1.807, 2.05) is 0 Å². The lowest BCUT2D eigenvalue weighted by molar-refractivity contribution is 0.299. The van der Waals surface area contributed by atoms with Crippen LogP contribution in [-0.4, -0.2) is 29.8 Å². The van der Waals surface area contributed by atoms with Gasteiger partial charge in [-0.2, -0.15) is 0 Å². The molecule has 1 aliphatic heterocycles. The van der Waals surface area contributed by atoms with Crippen LogP contribution in [-0.2, 0) is 6.42 Å². The number of thiazole rings is 1. The van der Waals surface area contributed by atoms with Gasteiger partial charge in [0, 0.05) is 23.8 Å². The van der Waals surface area contributed by atoms with Crippen LogP contribution in [0.2, 0.25) is 0 Å². The highest BCUT2D eigenvalue weighted by Gasteiger charge is 2.20. The third-order valence-corrected chi connectivity index (χ3v) is 3.97. The van der Waals surface area contributed by atoms with E-state index in [-0.39, 0.29) is 6.61 Å². The van der Waals surface area contributed by atoms with Gasteiger partial charge in [-0.1, -0.05) is 0 Å². The molecule has 1 aliphatic rings. The number of hydrogen-bond donors (Lipinski definition) is 2. The first-order valence-corrected chi connectivity index (χ1v) is 6.40. The van der Waals surface area contributed by atoms with Gasteiger partial charge in [0.1, 0.15) is 0 Å². The van der Waals surface area contributed by atoms with E-state index in [1.165, 1.54) is 23.4 Å². The van der Waals surface area contributed by atoms with Gasteiger partial charge in [0.2, 0.25) is 0 Å². The molecule has 0 amide bonds. The lowest BCUT2D eigenvalue weighted by Gasteiger charge is -2.21. The van der Waals surface area contributed by atoms with E-state index in [9.17, 15) is 0 Å². The number of aromatic nitrogens is 1. The number of hydrogen-bond acceptors (Lipinski definition) is 4. The van der Waals surface area contributed by atoms with Gasteiger partial charge in [0.05, 0.1) is 10.7 Å². The quantitative estimate of drug-likeness (QED) is 0.820. The molecule has 3 nitrogen and oxygen atoms in total. The molecule has 0 spiro atoms. The molecule has 1 fully saturated rings. The fourth-order valence-electron chi connectivity index (χ4n) is 2.14. The van der Waals surface area contributed by atoms with Crippen molar-refractivity contribution >= 4 is 11.3 Å². The number of nitrogens with zero attached hydrogens (tertiary/aromatic N) is 1. The van der Waals surface area contributed by atoms with E-state index in [2.05, 4.69) is 17.2 Å². The molecule has 0 bridgehead atoms. The number of rotatable bonds is 3. The van der Waals surface area contributed by atoms with Crippen LogP contribution < -0.4 is 5.32 Å². The van der Waals surface area contributed by atoms with Gasteiger partial charge in [-0.25, -0.2) is 4.98 Å². The molecular weight excluding hydrogens is 208 g/mol. The highest BCUT2D eigenvalue weighted by molar-refractivity contribution is 7.11. The third kappa shape index (κ3) is 2.56. The Balaban J connectivity index is 2.11. The normalized spacial score (nSPS) is 18.3. The Labute approximate surface area is 94.5 Å². The first kappa shape index (κ1) is 11.0. The van der Waals surface area contributed by atoms with E-state index < -0.39 is 0 Å². The Morgan fingerprint density at radius 1 is 1.47 bits per heavy atom. The first-order chi connectivity index (χ1) is 7.31. The highest BCUT2D eigenvalue weighted by atomic mass is 32.1. The molecule has 2 N–H and O–H groups in total. The smallest absolute Gasteiger partial charge is 0.0953 e. The summed E-state index contributed by atoms with van der Waals surface area (Å²) in [5, 5.41) is 13.3. The summed E-state index contributed by atoms with van der Waals surface area (Å²) in [5.41, 5.74) is 1.28. The van der Waals surface area contributed by atoms with E-state index >= 15 is 0 Å². The average molecular weight is 226 g/mol. The molecule has 0 saturated carbocycles. The zero-order valence-corrected chi connectivity index (χ0v) is 9.94. The Hall–Kier alpha value is -0.450. The van der Waals surface area contributed by atoms with Crippen molar-refractivity contribution in [2.45, 2.75) is 32.1 Å². The molecule has 15 heavy (non-hydrogen) atoms. The van der Waals surface area contributed by atoms with Gasteiger partial charge in [-0.3, -0.25) is 0 Å². The molecule has 0 aromatic carbocycles. The van der Waals surface area contributed by atoms with Gasteiger partial charge < -0.3 is 10.4 Å². The van der Waals surface area contributed by atoms with Crippen LogP contribution in [0.4, 0.5) is 0 Å². The Morgan fingerprint density at radius 2 is 2.20 bits per heavy atom. The standard InChI is InChI=1S/C11H18N2OS/c1-8-11(9-2-5-12-6-3-9)13-10(15-8)4-7-14/h9,12,14H,2-7H2,1H3. The van der Waals surface area contributed by atoms with Gasteiger partial charge >= 0.3 is 0 Å². The SMILES string of the molecule is Cc1sc(CCO)nc1C1CCNCC1. The van der Waals surface area contributed by atoms with Gasteiger partial charge in [0.15, 0.2) is 0 Å². The van der Waals surface area contributed by atoms with Crippen LogP contribution in [0.3, 0.4) is 0 Å². The number of nitrogens with one attached hydrogen (secondary N) is 1. The zero-order chi connectivity index (χ0) is 10.7. The minimum Gasteiger partial charge on any atom is -0.396 e. The van der Waals surface area contributed by atoms with Crippen molar-refractivity contribution in [2.24, 2.45) is 0 Å². The van der Waals surface area contributed by atoms with Crippen LogP contribution >= 0.6 is 11.3 Å². The molecule has 2 heterocycles. The van der Waals surface area contributed by atoms with Crippen molar-refractivity contribution in [3.8, 4) is 0 Å². The summed E-state index contributed by atoms with van der Waals surface area (Å²) < 4.78 is 0. The van der Waals surface area contributed by atoms with Gasteiger partial charge in [-0.05, 0) is 32.9 Å². The fraction of sp³-hybridized carbons (Fsp3) is 0.727. The maximum absolute atomic E-state index is 8.89. The minimum absolute atomic E-state index is 0.207. The van der Waals surface area contributed by atoms with Gasteiger partial charge in [0.25, 0.3) is 0 Å². The van der Waals surface area contributed by atoms with Crippen LogP contribution in [0.5, 0.6) is 0 Å². The van der Waals surface area contributed by atoms with Crippen LogP contribution in [0.1, 0.15) is 34.3 Å². The van der Waals surface area contributed by atoms with Crippen LogP contribution in [0.15, 0.2) is 0 Å². The average Bonchev–Trinajstić information content (AvgIpc) is 2.61. The topological polar surface area (TPSA) is 45.2 Å². The summed E-state index contributed by atoms with van der Waals surface area (Å²) in [7, 11) is 0. The molecule has 4 heteroatoms. The molecule has 2 rings (SSSR count). The van der Waals surface area contributed by atoms with Crippen LogP contribution in [0, 0.1) is 6.92 Å². The van der Waals surface area contributed by atoms with Crippen molar-refractivity contribution in [3.63, 3.8) is 0 Å². The van der Waals surface area contributed by atoms with E-state index in [0.29, 0.717) is 12.3 Å². The fourth-order valence-corrected chi connectivity index (χ4v) is 3.15. The molecule has 84 valence electrons. The van der Waals surface area contributed by atoms with Crippen molar-refractivity contribution in [2.75, 3.05) is 19.7 Å². The van der Waals surface area contributed by atoms with Crippen molar-refractivity contribution in [1.82, 2.24) is 10.3 Å². The number of aliphatic hydroxyl groups is 1. The molecular formula is C11H18N2OS. The number of aliphatic hydroxyl groups excluding tert-OH is 1. The molecule has 0 aliphatic carbocycles. The Bertz CT molecular complexity index is 318. The molecule has 1 aromatic rings. The summed E-state index contributed by atoms with van der Waals surface area (Å²) >= 11 is 1.74. The van der Waals surface area contributed by atoms with Crippen molar-refractivity contribution in [3.05, 3.63) is 15.6 Å². The highest BCUT2D eigenvalue weighted by Crippen LogP contribution is 2.30. The second kappa shape index (κ2) is 5.05. The van der Waals surface area contributed by atoms with Crippen LogP contribution in [0.25, 0.3) is 0 Å². The number of aryl methyl sites for hydroxylation is 1. The predicted octanol–water partition coefficient (Wildman–Crippen LogP) is 1.45. The summed E-state index contributed by atoms with van der Waals surface area (Å²) in [4.78, 5) is 5.99. The summed E-state index contributed by atoms with van der Waals surface area (Å²) in [6.45, 7) is 4.57. The lowest BCUT2D eigenvalue weighted by Crippen LogP contribution is -2.27. The largest absolute Gasteiger partial charge is 0.396 e. The van der Waals surface area contributed by atoms with E-state index in [4.69, 9.17) is 5.11 Å². The second-order valence-corrected chi connectivity index (χ2v) is 5.33. The Kier molecular flexibility index (Phi) is 3.72. The maximum atomic E-state index is 8.89. The summed E-state index contributed by atoms with van der Waals surface area (Å²) in [6.07, 6.45) is 3.10. The maximum Gasteiger partial charge on any atom is 0.0953 e. The molecule has 1 saturated heterocycles. The van der Waals surface area contributed by atoms with E-state index in [0.717, 1.165) is 18.1 Å². The van der Waals surface area contributed by atoms with E-state index in [1.54, 1.807) is 11.3 Å². The zero-order valence-electron chi connectivity index (χ0n) is 9.12. The lowest BCUT2D eigenvalue weighted by atomic mass is 9.94.